The molecule has 4 rings (SSSR count). The van der Waals surface area contributed by atoms with E-state index in [1.165, 1.54) is 18.2 Å². The van der Waals surface area contributed by atoms with Gasteiger partial charge in [-0.25, -0.2) is 4.79 Å². The molecule has 1 aliphatic carbocycles. The first-order chi connectivity index (χ1) is 15.9. The lowest BCUT2D eigenvalue weighted by Gasteiger charge is -2.19. The predicted octanol–water partition coefficient (Wildman–Crippen LogP) is 4.23. The third-order valence-corrected chi connectivity index (χ3v) is 6.21. The van der Waals surface area contributed by atoms with E-state index in [4.69, 9.17) is 4.74 Å². The predicted molar refractivity (Wildman–Crippen MR) is 125 cm³/mol. The zero-order valence-electron chi connectivity index (χ0n) is 17.7. The molecule has 0 amide bonds. The lowest BCUT2D eigenvalue weighted by atomic mass is 9.92. The van der Waals surface area contributed by atoms with E-state index in [0.29, 0.717) is 22.4 Å². The number of esters is 1. The number of sulfonamides is 1. The second-order valence-corrected chi connectivity index (χ2v) is 8.72. The molecule has 0 spiro atoms. The first kappa shape index (κ1) is 22.2. The summed E-state index contributed by atoms with van der Waals surface area (Å²) >= 11 is 0. The SMILES string of the molecule is CCOC(=O)c1ccc(NC2=C/C(=N\S(=O)(=O)c3ccccc3)c3ccccc3C2=O)cc1. The molecule has 33 heavy (non-hydrogen) atoms. The fraction of sp³-hybridized carbons (Fsp3) is 0.0800. The van der Waals surface area contributed by atoms with Gasteiger partial charge in [-0.05, 0) is 49.4 Å². The monoisotopic (exact) mass is 460 g/mol. The van der Waals surface area contributed by atoms with Gasteiger partial charge in [0, 0.05) is 16.8 Å². The van der Waals surface area contributed by atoms with Gasteiger partial charge in [-0.3, -0.25) is 4.79 Å². The molecule has 3 aromatic rings. The molecule has 1 N–H and O–H groups in total. The Kier molecular flexibility index (Phi) is 6.19. The molecule has 0 fully saturated rings. The largest absolute Gasteiger partial charge is 0.462 e. The normalized spacial score (nSPS) is 14.4. The van der Waals surface area contributed by atoms with Crippen LogP contribution in [0.1, 0.15) is 33.2 Å². The van der Waals surface area contributed by atoms with Crippen LogP contribution < -0.4 is 5.32 Å². The summed E-state index contributed by atoms with van der Waals surface area (Å²) in [6.45, 7) is 2.00. The summed E-state index contributed by atoms with van der Waals surface area (Å²) in [5.41, 5.74) is 2.03. The van der Waals surface area contributed by atoms with Crippen molar-refractivity contribution >= 4 is 33.2 Å². The number of fused-ring (bicyclic) bond motifs is 1. The Morgan fingerprint density at radius 3 is 2.21 bits per heavy atom. The van der Waals surface area contributed by atoms with Crippen LogP contribution in [0.15, 0.2) is 99.9 Å². The summed E-state index contributed by atoms with van der Waals surface area (Å²) in [6.07, 6.45) is 1.42. The van der Waals surface area contributed by atoms with Gasteiger partial charge in [0.25, 0.3) is 10.0 Å². The van der Waals surface area contributed by atoms with Crippen LogP contribution in [0, 0.1) is 0 Å². The maximum Gasteiger partial charge on any atom is 0.338 e. The van der Waals surface area contributed by atoms with E-state index in [1.54, 1.807) is 73.7 Å². The van der Waals surface area contributed by atoms with Crippen molar-refractivity contribution in [2.75, 3.05) is 11.9 Å². The van der Waals surface area contributed by atoms with Gasteiger partial charge in [-0.2, -0.15) is 12.8 Å². The third kappa shape index (κ3) is 4.75. The Morgan fingerprint density at radius 2 is 1.55 bits per heavy atom. The number of hydrogen-bond donors (Lipinski definition) is 1. The van der Waals surface area contributed by atoms with Gasteiger partial charge in [0.15, 0.2) is 0 Å². The van der Waals surface area contributed by atoms with Crippen LogP contribution in [0.4, 0.5) is 5.69 Å². The number of benzene rings is 3. The Balaban J connectivity index is 1.71. The molecule has 7 nitrogen and oxygen atoms in total. The Bertz CT molecular complexity index is 1380. The van der Waals surface area contributed by atoms with E-state index in [9.17, 15) is 18.0 Å². The summed E-state index contributed by atoms with van der Waals surface area (Å²) in [7, 11) is -3.98. The summed E-state index contributed by atoms with van der Waals surface area (Å²) in [4.78, 5) is 25.0. The summed E-state index contributed by atoms with van der Waals surface area (Å²) < 4.78 is 34.7. The smallest absolute Gasteiger partial charge is 0.338 e. The highest BCUT2D eigenvalue weighted by molar-refractivity contribution is 7.90. The molecule has 3 aromatic carbocycles. The summed E-state index contributed by atoms with van der Waals surface area (Å²) in [5, 5.41) is 3.01. The standard InChI is InChI=1S/C25H20N2O5S/c1-2-32-25(29)17-12-14-18(15-13-17)26-23-16-22(20-10-6-7-11-21(20)24(23)28)27-33(30,31)19-8-4-3-5-9-19/h3-16,26H,2H2,1H3/b27-22+. The molecule has 166 valence electrons. The topological polar surface area (TPSA) is 102 Å². The van der Waals surface area contributed by atoms with Crippen molar-refractivity contribution in [3.8, 4) is 0 Å². The fourth-order valence-corrected chi connectivity index (χ4v) is 4.35. The molecule has 0 saturated carbocycles. The van der Waals surface area contributed by atoms with Gasteiger partial charge >= 0.3 is 5.97 Å². The average Bonchev–Trinajstić information content (AvgIpc) is 2.83. The molecular formula is C25H20N2O5S. The summed E-state index contributed by atoms with van der Waals surface area (Å²) in [6, 6.07) is 21.0. The lowest BCUT2D eigenvalue weighted by Crippen LogP contribution is -2.22. The highest BCUT2D eigenvalue weighted by Crippen LogP contribution is 2.25. The number of rotatable bonds is 6. The number of anilines is 1. The molecule has 0 bridgehead atoms. The Hall–Kier alpha value is -4.04. The van der Waals surface area contributed by atoms with Gasteiger partial charge in [0.05, 0.1) is 28.5 Å². The van der Waals surface area contributed by atoms with Crippen molar-refractivity contribution < 1.29 is 22.7 Å². The van der Waals surface area contributed by atoms with E-state index in [-0.39, 0.29) is 28.7 Å². The van der Waals surface area contributed by atoms with Gasteiger partial charge in [0.1, 0.15) is 0 Å². The van der Waals surface area contributed by atoms with Crippen LogP contribution in [0.2, 0.25) is 0 Å². The van der Waals surface area contributed by atoms with Crippen LogP contribution >= 0.6 is 0 Å². The zero-order valence-corrected chi connectivity index (χ0v) is 18.5. The first-order valence-electron chi connectivity index (χ1n) is 10.2. The van der Waals surface area contributed by atoms with E-state index < -0.39 is 16.0 Å². The molecular weight excluding hydrogens is 440 g/mol. The van der Waals surface area contributed by atoms with Crippen molar-refractivity contribution in [1.29, 1.82) is 0 Å². The number of ether oxygens (including phenoxy) is 1. The molecule has 0 aromatic heterocycles. The molecule has 1 aliphatic rings. The number of Topliss-reactive ketones (excluding diaryl/α,β-unsaturated/α-hetero) is 1. The number of allylic oxidation sites excluding steroid dienone is 2. The highest BCUT2D eigenvalue weighted by atomic mass is 32.2. The number of hydrogen-bond acceptors (Lipinski definition) is 6. The van der Waals surface area contributed by atoms with Gasteiger partial charge in [-0.1, -0.05) is 42.5 Å². The number of carbonyl (C=O) groups excluding carboxylic acids is 2. The fourth-order valence-electron chi connectivity index (χ4n) is 3.33. The van der Waals surface area contributed by atoms with Crippen molar-refractivity contribution in [2.45, 2.75) is 11.8 Å². The molecule has 0 atom stereocenters. The quantitative estimate of drug-likeness (QED) is 0.552. The number of nitrogens with one attached hydrogen (secondary N) is 1. The first-order valence-corrected chi connectivity index (χ1v) is 11.6. The van der Waals surface area contributed by atoms with E-state index >= 15 is 0 Å². The van der Waals surface area contributed by atoms with Gasteiger partial charge in [-0.15, -0.1) is 0 Å². The van der Waals surface area contributed by atoms with Crippen molar-refractivity contribution in [2.24, 2.45) is 4.40 Å². The van der Waals surface area contributed by atoms with Gasteiger partial charge < -0.3 is 10.1 Å². The summed E-state index contributed by atoms with van der Waals surface area (Å²) in [5.74, 6) is -0.734. The average molecular weight is 461 g/mol. The molecule has 0 unspecified atom stereocenters. The number of carbonyl (C=O) groups is 2. The highest BCUT2D eigenvalue weighted by Gasteiger charge is 2.26. The van der Waals surface area contributed by atoms with Crippen LogP contribution in [0.5, 0.6) is 0 Å². The maximum absolute atomic E-state index is 13.1. The van der Waals surface area contributed by atoms with E-state index in [0.717, 1.165) is 0 Å². The Morgan fingerprint density at radius 1 is 0.909 bits per heavy atom. The van der Waals surface area contributed by atoms with E-state index in [2.05, 4.69) is 9.71 Å². The van der Waals surface area contributed by atoms with Crippen LogP contribution in [-0.2, 0) is 14.8 Å². The number of ketones is 1. The maximum atomic E-state index is 13.1. The molecule has 0 heterocycles. The lowest BCUT2D eigenvalue weighted by molar-refractivity contribution is 0.0526. The molecule has 0 saturated heterocycles. The minimum absolute atomic E-state index is 0.0596. The van der Waals surface area contributed by atoms with Crippen LogP contribution in [0.3, 0.4) is 0 Å². The minimum atomic E-state index is -3.98. The number of nitrogens with zero attached hydrogens (tertiary/aromatic N) is 1. The van der Waals surface area contributed by atoms with Crippen LogP contribution in [-0.4, -0.2) is 32.5 Å². The van der Waals surface area contributed by atoms with Crippen LogP contribution in [0.25, 0.3) is 0 Å². The Labute approximate surface area is 191 Å². The second kappa shape index (κ2) is 9.22. The van der Waals surface area contributed by atoms with Gasteiger partial charge in [0.2, 0.25) is 5.78 Å². The molecule has 0 aliphatic heterocycles. The van der Waals surface area contributed by atoms with Crippen molar-refractivity contribution in [3.63, 3.8) is 0 Å². The van der Waals surface area contributed by atoms with E-state index in [1.807, 2.05) is 0 Å². The van der Waals surface area contributed by atoms with Crippen molar-refractivity contribution in [3.05, 3.63) is 107 Å². The minimum Gasteiger partial charge on any atom is -0.462 e. The third-order valence-electron chi connectivity index (χ3n) is 4.91. The van der Waals surface area contributed by atoms with Crippen molar-refractivity contribution in [1.82, 2.24) is 0 Å². The molecule has 0 radical (unpaired) electrons. The molecule has 8 heteroatoms. The second-order valence-electron chi connectivity index (χ2n) is 7.12. The zero-order chi connectivity index (χ0) is 23.4.